The van der Waals surface area contributed by atoms with E-state index in [1.54, 1.807) is 6.07 Å². The van der Waals surface area contributed by atoms with Crippen molar-refractivity contribution >= 4 is 5.69 Å². The van der Waals surface area contributed by atoms with Crippen LogP contribution in [0, 0.1) is 22.6 Å². The van der Waals surface area contributed by atoms with Crippen LogP contribution in [0.5, 0.6) is 5.75 Å². The quantitative estimate of drug-likeness (QED) is 0.719. The molecule has 0 aliphatic heterocycles. The molecular weight excluding hydrogens is 255 g/mol. The van der Waals surface area contributed by atoms with Crippen LogP contribution in [0.2, 0.25) is 0 Å². The molecule has 110 valence electrons. The van der Waals surface area contributed by atoms with Crippen LogP contribution >= 0.6 is 0 Å². The topological polar surface area (TPSA) is 45.0 Å². The number of nitrogens with one attached hydrogen (secondary N) is 1. The van der Waals surface area contributed by atoms with Crippen molar-refractivity contribution in [1.82, 2.24) is 0 Å². The molecule has 0 bridgehead atoms. The third-order valence-electron chi connectivity index (χ3n) is 3.09. The highest BCUT2D eigenvalue weighted by atomic mass is 19.1. The van der Waals surface area contributed by atoms with Gasteiger partial charge in [0.15, 0.2) is 11.6 Å². The van der Waals surface area contributed by atoms with Gasteiger partial charge in [0, 0.05) is 18.3 Å². The van der Waals surface area contributed by atoms with Gasteiger partial charge in [-0.15, -0.1) is 0 Å². The Labute approximate surface area is 120 Å². The molecule has 4 heteroatoms. The molecule has 0 spiro atoms. The summed E-state index contributed by atoms with van der Waals surface area (Å²) in [6, 6.07) is 7.19. The van der Waals surface area contributed by atoms with Gasteiger partial charge in [0.1, 0.15) is 0 Å². The highest BCUT2D eigenvalue weighted by Crippen LogP contribution is 2.23. The van der Waals surface area contributed by atoms with Crippen LogP contribution in [0.1, 0.15) is 40.0 Å². The van der Waals surface area contributed by atoms with Crippen LogP contribution in [0.15, 0.2) is 18.2 Å². The second-order valence-corrected chi connectivity index (χ2v) is 5.46. The number of halogens is 1. The summed E-state index contributed by atoms with van der Waals surface area (Å²) in [4.78, 5) is 0. The molecule has 1 N–H and O–H groups in total. The first kappa shape index (κ1) is 16.3. The van der Waals surface area contributed by atoms with Gasteiger partial charge in [-0.2, -0.15) is 5.26 Å². The molecule has 1 aromatic rings. The zero-order valence-corrected chi connectivity index (χ0v) is 12.5. The molecule has 0 aliphatic rings. The van der Waals surface area contributed by atoms with Gasteiger partial charge < -0.3 is 10.1 Å². The second kappa shape index (κ2) is 7.74. The van der Waals surface area contributed by atoms with E-state index in [1.807, 2.05) is 26.8 Å². The van der Waals surface area contributed by atoms with Crippen molar-refractivity contribution in [2.45, 2.75) is 40.0 Å². The highest BCUT2D eigenvalue weighted by molar-refractivity contribution is 5.47. The third-order valence-corrected chi connectivity index (χ3v) is 3.09. The fourth-order valence-electron chi connectivity index (χ4n) is 1.86. The minimum Gasteiger partial charge on any atom is -0.491 e. The van der Waals surface area contributed by atoms with Crippen molar-refractivity contribution in [3.8, 4) is 11.8 Å². The normalized spacial score (nSPS) is 10.9. The van der Waals surface area contributed by atoms with Crippen LogP contribution in [0.25, 0.3) is 0 Å². The molecule has 0 unspecified atom stereocenters. The van der Waals surface area contributed by atoms with Crippen LogP contribution in [0.4, 0.5) is 10.1 Å². The van der Waals surface area contributed by atoms with Gasteiger partial charge in [0.2, 0.25) is 0 Å². The van der Waals surface area contributed by atoms with E-state index in [0.29, 0.717) is 6.61 Å². The van der Waals surface area contributed by atoms with Crippen molar-refractivity contribution in [2.24, 2.45) is 5.41 Å². The Bertz CT molecular complexity index is 466. The van der Waals surface area contributed by atoms with Crippen LogP contribution in [-0.2, 0) is 0 Å². The summed E-state index contributed by atoms with van der Waals surface area (Å²) in [5.41, 5.74) is 0.496. The molecule has 20 heavy (non-hydrogen) atoms. The molecule has 0 aromatic heterocycles. The van der Waals surface area contributed by atoms with Gasteiger partial charge in [-0.1, -0.05) is 6.42 Å². The summed E-state index contributed by atoms with van der Waals surface area (Å²) in [5.74, 6) is -0.0590. The Morgan fingerprint density at radius 1 is 1.35 bits per heavy atom. The summed E-state index contributed by atoms with van der Waals surface area (Å²) in [5, 5.41) is 12.1. The molecule has 0 amide bonds. The molecule has 3 nitrogen and oxygen atoms in total. The second-order valence-electron chi connectivity index (χ2n) is 5.46. The van der Waals surface area contributed by atoms with Crippen molar-refractivity contribution in [2.75, 3.05) is 18.5 Å². The Balaban J connectivity index is 2.33. The van der Waals surface area contributed by atoms with Crippen molar-refractivity contribution in [1.29, 1.82) is 5.26 Å². The average Bonchev–Trinajstić information content (AvgIpc) is 2.41. The number of nitrogens with zero attached hydrogens (tertiary/aromatic N) is 1. The van der Waals surface area contributed by atoms with Crippen molar-refractivity contribution in [3.05, 3.63) is 24.0 Å². The predicted octanol–water partition coefficient (Wildman–Crippen LogP) is 4.36. The Kier molecular flexibility index (Phi) is 6.30. The number of benzene rings is 1. The zero-order chi connectivity index (χ0) is 15.0. The molecule has 1 rings (SSSR count). The number of ether oxygens (including phenoxy) is 1. The van der Waals surface area contributed by atoms with E-state index in [9.17, 15) is 4.39 Å². The molecule has 0 aliphatic carbocycles. The first-order valence-electron chi connectivity index (χ1n) is 7.06. The Morgan fingerprint density at radius 2 is 2.10 bits per heavy atom. The SMILES string of the molecule is CCOc1ccc(NCCCCC(C)(C)C#N)cc1F. The fraction of sp³-hybridized carbons (Fsp3) is 0.562. The predicted molar refractivity (Wildman–Crippen MR) is 79.3 cm³/mol. The molecule has 0 saturated carbocycles. The van der Waals surface area contributed by atoms with Crippen LogP contribution in [0.3, 0.4) is 0 Å². The number of hydrogen-bond acceptors (Lipinski definition) is 3. The average molecular weight is 278 g/mol. The summed E-state index contributed by atoms with van der Waals surface area (Å²) < 4.78 is 18.8. The fourth-order valence-corrected chi connectivity index (χ4v) is 1.86. The lowest BCUT2D eigenvalue weighted by Gasteiger charge is -2.14. The molecular formula is C16H23FN2O. The summed E-state index contributed by atoms with van der Waals surface area (Å²) >= 11 is 0. The molecule has 0 atom stereocenters. The van der Waals surface area contributed by atoms with E-state index in [4.69, 9.17) is 10.00 Å². The summed E-state index contributed by atoms with van der Waals surface area (Å²) in [6.07, 6.45) is 2.82. The lowest BCUT2D eigenvalue weighted by Crippen LogP contribution is -2.09. The molecule has 0 saturated heterocycles. The van der Waals surface area contributed by atoms with Gasteiger partial charge >= 0.3 is 0 Å². The lowest BCUT2D eigenvalue weighted by molar-refractivity contribution is 0.321. The smallest absolute Gasteiger partial charge is 0.167 e. The molecule has 1 aromatic carbocycles. The highest BCUT2D eigenvalue weighted by Gasteiger charge is 2.15. The van der Waals surface area contributed by atoms with E-state index >= 15 is 0 Å². The Hall–Kier alpha value is -1.76. The van der Waals surface area contributed by atoms with E-state index in [-0.39, 0.29) is 17.0 Å². The molecule has 0 fully saturated rings. The maximum atomic E-state index is 13.6. The standard InChI is InChI=1S/C16H23FN2O/c1-4-20-15-8-7-13(11-14(15)17)19-10-6-5-9-16(2,3)12-18/h7-8,11,19H,4-6,9-10H2,1-3H3. The van der Waals surface area contributed by atoms with Gasteiger partial charge in [-0.05, 0) is 45.7 Å². The molecule has 0 radical (unpaired) electrons. The summed E-state index contributed by atoms with van der Waals surface area (Å²) in [7, 11) is 0. The monoisotopic (exact) mass is 278 g/mol. The van der Waals surface area contributed by atoms with Crippen molar-refractivity contribution < 1.29 is 9.13 Å². The lowest BCUT2D eigenvalue weighted by atomic mass is 9.89. The number of nitriles is 1. The van der Waals surface area contributed by atoms with Gasteiger partial charge in [-0.3, -0.25) is 0 Å². The molecule has 0 heterocycles. The first-order chi connectivity index (χ1) is 9.48. The third kappa shape index (κ3) is 5.48. The number of anilines is 1. The number of unbranched alkanes of at least 4 members (excludes halogenated alkanes) is 1. The maximum Gasteiger partial charge on any atom is 0.167 e. The van der Waals surface area contributed by atoms with Crippen LogP contribution in [-0.4, -0.2) is 13.2 Å². The minimum atomic E-state index is -0.345. The summed E-state index contributed by atoms with van der Waals surface area (Å²) in [6.45, 7) is 6.95. The number of rotatable bonds is 8. The van der Waals surface area contributed by atoms with E-state index in [1.165, 1.54) is 6.07 Å². The largest absolute Gasteiger partial charge is 0.491 e. The van der Waals surface area contributed by atoms with E-state index in [0.717, 1.165) is 31.5 Å². The zero-order valence-electron chi connectivity index (χ0n) is 12.5. The van der Waals surface area contributed by atoms with Gasteiger partial charge in [-0.25, -0.2) is 4.39 Å². The number of hydrogen-bond donors (Lipinski definition) is 1. The van der Waals surface area contributed by atoms with E-state index < -0.39 is 0 Å². The van der Waals surface area contributed by atoms with Gasteiger partial charge in [0.25, 0.3) is 0 Å². The van der Waals surface area contributed by atoms with Gasteiger partial charge in [0.05, 0.1) is 18.1 Å². The first-order valence-corrected chi connectivity index (χ1v) is 7.06. The van der Waals surface area contributed by atoms with E-state index in [2.05, 4.69) is 11.4 Å². The maximum absolute atomic E-state index is 13.6. The van der Waals surface area contributed by atoms with Crippen molar-refractivity contribution in [3.63, 3.8) is 0 Å². The Morgan fingerprint density at radius 3 is 2.70 bits per heavy atom. The van der Waals surface area contributed by atoms with Crippen LogP contribution < -0.4 is 10.1 Å². The minimum absolute atomic E-state index is 0.259.